The quantitative estimate of drug-likeness (QED) is 0.802. The lowest BCUT2D eigenvalue weighted by Crippen LogP contribution is -2.46. The fourth-order valence-electron chi connectivity index (χ4n) is 2.77. The number of halogens is 1. The Morgan fingerprint density at radius 3 is 2.65 bits per heavy atom. The van der Waals surface area contributed by atoms with Crippen molar-refractivity contribution in [1.82, 2.24) is 14.8 Å². The highest BCUT2D eigenvalue weighted by atomic mass is 79.9. The predicted octanol–water partition coefficient (Wildman–Crippen LogP) is 2.75. The average molecular weight is 334 g/mol. The third-order valence-corrected chi connectivity index (χ3v) is 4.29. The van der Waals surface area contributed by atoms with Crippen molar-refractivity contribution in [2.24, 2.45) is 0 Å². The van der Waals surface area contributed by atoms with Crippen LogP contribution in [0.25, 0.3) is 10.9 Å². The number of pyridine rings is 1. The molecule has 0 N–H and O–H groups in total. The molecule has 0 amide bonds. The van der Waals surface area contributed by atoms with Crippen LogP contribution >= 0.6 is 15.9 Å². The number of alkyl halides is 1. The maximum Gasteiger partial charge on any atom is 0.0702 e. The Kier molecular flexibility index (Phi) is 4.65. The van der Waals surface area contributed by atoms with E-state index in [0.717, 1.165) is 37.0 Å². The molecule has 2 aromatic rings. The molecule has 106 valence electrons. The molecule has 1 saturated heterocycles. The normalized spacial score (nSPS) is 17.6. The van der Waals surface area contributed by atoms with E-state index in [1.165, 1.54) is 24.0 Å². The first-order chi connectivity index (χ1) is 9.85. The molecule has 1 aromatic carbocycles. The summed E-state index contributed by atoms with van der Waals surface area (Å²) < 4.78 is 0. The second kappa shape index (κ2) is 6.66. The fraction of sp³-hybridized carbons (Fsp3) is 0.438. The first-order valence-electron chi connectivity index (χ1n) is 7.19. The number of aromatic nitrogens is 1. The summed E-state index contributed by atoms with van der Waals surface area (Å²) in [4.78, 5) is 9.44. The van der Waals surface area contributed by atoms with Crippen molar-refractivity contribution in [3.8, 4) is 0 Å². The Morgan fingerprint density at radius 1 is 1.05 bits per heavy atom. The van der Waals surface area contributed by atoms with Gasteiger partial charge in [0, 0.05) is 56.2 Å². The molecule has 0 unspecified atom stereocenters. The van der Waals surface area contributed by atoms with Gasteiger partial charge in [-0.1, -0.05) is 28.1 Å². The van der Waals surface area contributed by atoms with Gasteiger partial charge in [-0.25, -0.2) is 0 Å². The van der Waals surface area contributed by atoms with Crippen molar-refractivity contribution in [2.45, 2.75) is 6.54 Å². The molecular weight excluding hydrogens is 314 g/mol. The molecule has 0 saturated carbocycles. The molecule has 1 aromatic heterocycles. The SMILES string of the molecule is BrCCN1CCN(Cc2ccc3ncccc3c2)CC1. The largest absolute Gasteiger partial charge is 0.300 e. The van der Waals surface area contributed by atoms with Crippen LogP contribution in [0.5, 0.6) is 0 Å². The standard InChI is InChI=1S/C16H20BrN3/c17-5-7-19-8-10-20(11-9-19)13-14-3-4-16-15(12-14)2-1-6-18-16/h1-4,6,12H,5,7-11,13H2. The van der Waals surface area contributed by atoms with Crippen LogP contribution in [0.2, 0.25) is 0 Å². The minimum Gasteiger partial charge on any atom is -0.300 e. The molecule has 0 atom stereocenters. The first-order valence-corrected chi connectivity index (χ1v) is 8.31. The molecule has 0 radical (unpaired) electrons. The molecule has 3 rings (SSSR count). The fourth-order valence-corrected chi connectivity index (χ4v) is 3.27. The van der Waals surface area contributed by atoms with Gasteiger partial charge in [0.05, 0.1) is 5.52 Å². The second-order valence-corrected chi connectivity index (χ2v) is 6.13. The molecule has 20 heavy (non-hydrogen) atoms. The van der Waals surface area contributed by atoms with Crippen LogP contribution in [0, 0.1) is 0 Å². The summed E-state index contributed by atoms with van der Waals surface area (Å²) in [6.45, 7) is 6.90. The Hall–Kier alpha value is -0.970. The lowest BCUT2D eigenvalue weighted by Gasteiger charge is -2.34. The van der Waals surface area contributed by atoms with Crippen molar-refractivity contribution in [1.29, 1.82) is 0 Å². The van der Waals surface area contributed by atoms with Crippen LogP contribution in [0.15, 0.2) is 36.5 Å². The summed E-state index contributed by atoms with van der Waals surface area (Å²) in [5.74, 6) is 0. The molecule has 1 fully saturated rings. The summed E-state index contributed by atoms with van der Waals surface area (Å²) in [7, 11) is 0. The Morgan fingerprint density at radius 2 is 1.85 bits per heavy atom. The smallest absolute Gasteiger partial charge is 0.0702 e. The van der Waals surface area contributed by atoms with Crippen LogP contribution < -0.4 is 0 Å². The highest BCUT2D eigenvalue weighted by Crippen LogP contribution is 2.15. The molecular formula is C16H20BrN3. The Bertz CT molecular complexity index is 564. The first kappa shape index (κ1) is 14.0. The van der Waals surface area contributed by atoms with Gasteiger partial charge in [-0.05, 0) is 23.8 Å². The summed E-state index contributed by atoms with van der Waals surface area (Å²) in [5, 5.41) is 2.31. The van der Waals surface area contributed by atoms with Crippen molar-refractivity contribution >= 4 is 26.8 Å². The monoisotopic (exact) mass is 333 g/mol. The lowest BCUT2D eigenvalue weighted by atomic mass is 10.1. The number of hydrogen-bond acceptors (Lipinski definition) is 3. The van der Waals surface area contributed by atoms with E-state index in [9.17, 15) is 0 Å². The van der Waals surface area contributed by atoms with Gasteiger partial charge in [0.25, 0.3) is 0 Å². The molecule has 3 nitrogen and oxygen atoms in total. The molecule has 0 spiro atoms. The van der Waals surface area contributed by atoms with Gasteiger partial charge in [0.15, 0.2) is 0 Å². The zero-order chi connectivity index (χ0) is 13.8. The Balaban J connectivity index is 1.62. The van der Waals surface area contributed by atoms with E-state index in [1.54, 1.807) is 0 Å². The summed E-state index contributed by atoms with van der Waals surface area (Å²) >= 11 is 3.52. The maximum absolute atomic E-state index is 4.37. The summed E-state index contributed by atoms with van der Waals surface area (Å²) in [6.07, 6.45) is 1.85. The number of benzene rings is 1. The van der Waals surface area contributed by atoms with Crippen LogP contribution in [-0.4, -0.2) is 52.8 Å². The minimum atomic E-state index is 1.05. The second-order valence-electron chi connectivity index (χ2n) is 5.34. The number of piperazine rings is 1. The van der Waals surface area contributed by atoms with E-state index in [0.29, 0.717) is 0 Å². The highest BCUT2D eigenvalue weighted by Gasteiger charge is 2.16. The topological polar surface area (TPSA) is 19.4 Å². The molecule has 0 bridgehead atoms. The number of fused-ring (bicyclic) bond motifs is 1. The lowest BCUT2D eigenvalue weighted by molar-refractivity contribution is 0.133. The molecule has 2 heterocycles. The minimum absolute atomic E-state index is 1.05. The number of nitrogens with zero attached hydrogens (tertiary/aromatic N) is 3. The maximum atomic E-state index is 4.37. The van der Waals surface area contributed by atoms with E-state index >= 15 is 0 Å². The van der Waals surface area contributed by atoms with Gasteiger partial charge >= 0.3 is 0 Å². The van der Waals surface area contributed by atoms with Gasteiger partial charge in [0.1, 0.15) is 0 Å². The summed E-state index contributed by atoms with van der Waals surface area (Å²) in [5.41, 5.74) is 2.47. The third kappa shape index (κ3) is 3.37. The van der Waals surface area contributed by atoms with Crippen molar-refractivity contribution < 1.29 is 0 Å². The zero-order valence-electron chi connectivity index (χ0n) is 11.6. The van der Waals surface area contributed by atoms with Crippen LogP contribution in [0.1, 0.15) is 5.56 Å². The zero-order valence-corrected chi connectivity index (χ0v) is 13.2. The van der Waals surface area contributed by atoms with Crippen molar-refractivity contribution in [3.63, 3.8) is 0 Å². The molecule has 4 heteroatoms. The molecule has 0 aliphatic carbocycles. The average Bonchev–Trinajstić information content (AvgIpc) is 2.49. The Labute approximate surface area is 128 Å². The molecule has 1 aliphatic heterocycles. The van der Waals surface area contributed by atoms with E-state index < -0.39 is 0 Å². The van der Waals surface area contributed by atoms with E-state index in [1.807, 2.05) is 12.3 Å². The van der Waals surface area contributed by atoms with Gasteiger partial charge < -0.3 is 0 Å². The third-order valence-electron chi connectivity index (χ3n) is 3.94. The van der Waals surface area contributed by atoms with Crippen LogP contribution in [-0.2, 0) is 6.54 Å². The van der Waals surface area contributed by atoms with Crippen molar-refractivity contribution in [2.75, 3.05) is 38.1 Å². The van der Waals surface area contributed by atoms with Gasteiger partial charge in [-0.2, -0.15) is 0 Å². The predicted molar refractivity (Wildman–Crippen MR) is 87.3 cm³/mol. The molecule has 1 aliphatic rings. The van der Waals surface area contributed by atoms with E-state index in [-0.39, 0.29) is 0 Å². The highest BCUT2D eigenvalue weighted by molar-refractivity contribution is 9.09. The number of rotatable bonds is 4. The summed E-state index contributed by atoms with van der Waals surface area (Å²) in [6, 6.07) is 10.8. The van der Waals surface area contributed by atoms with E-state index in [4.69, 9.17) is 0 Å². The van der Waals surface area contributed by atoms with Crippen LogP contribution in [0.4, 0.5) is 0 Å². The number of hydrogen-bond donors (Lipinski definition) is 0. The van der Waals surface area contributed by atoms with E-state index in [2.05, 4.69) is 55.0 Å². The van der Waals surface area contributed by atoms with Crippen molar-refractivity contribution in [3.05, 3.63) is 42.1 Å². The van der Waals surface area contributed by atoms with Gasteiger partial charge in [-0.15, -0.1) is 0 Å². The van der Waals surface area contributed by atoms with Crippen LogP contribution in [0.3, 0.4) is 0 Å². The van der Waals surface area contributed by atoms with Gasteiger partial charge in [0.2, 0.25) is 0 Å². The van der Waals surface area contributed by atoms with Gasteiger partial charge in [-0.3, -0.25) is 14.8 Å².